The molecule has 2 aromatic rings. The van der Waals surface area contributed by atoms with Crippen LogP contribution in [0.5, 0.6) is 0 Å². The van der Waals surface area contributed by atoms with E-state index in [0.29, 0.717) is 5.71 Å². The summed E-state index contributed by atoms with van der Waals surface area (Å²) in [6.45, 7) is 5.40. The van der Waals surface area contributed by atoms with Crippen LogP contribution in [0, 0.1) is 19.7 Å². The van der Waals surface area contributed by atoms with Crippen LogP contribution < -0.4 is 5.43 Å². The Morgan fingerprint density at radius 3 is 2.55 bits per heavy atom. The Bertz CT molecular complexity index is 674. The number of carbonyl (C=O) groups excluding carboxylic acids is 1. The average Bonchev–Trinajstić information content (AvgIpc) is 2.75. The minimum atomic E-state index is -0.583. The van der Waals surface area contributed by atoms with Gasteiger partial charge in [0.15, 0.2) is 0 Å². The molecule has 1 amide bonds. The molecule has 2 rings (SSSR count). The van der Waals surface area contributed by atoms with Crippen LogP contribution in [0.2, 0.25) is 0 Å². The smallest absolute Gasteiger partial charge is 0.274 e. The van der Waals surface area contributed by atoms with E-state index >= 15 is 0 Å². The van der Waals surface area contributed by atoms with Crippen molar-refractivity contribution in [2.45, 2.75) is 20.8 Å². The van der Waals surface area contributed by atoms with Gasteiger partial charge in [0.2, 0.25) is 0 Å². The Morgan fingerprint density at radius 1 is 1.25 bits per heavy atom. The molecular weight excluding hydrogens is 259 g/mol. The lowest BCUT2D eigenvalue weighted by atomic mass is 10.2. The summed E-state index contributed by atoms with van der Waals surface area (Å²) < 4.78 is 18.8. The van der Waals surface area contributed by atoms with Crippen molar-refractivity contribution < 1.29 is 13.6 Å². The van der Waals surface area contributed by atoms with Crippen molar-refractivity contribution in [3.05, 3.63) is 58.8 Å². The van der Waals surface area contributed by atoms with Gasteiger partial charge < -0.3 is 4.42 Å². The summed E-state index contributed by atoms with van der Waals surface area (Å²) in [5.41, 5.74) is 3.72. The van der Waals surface area contributed by atoms with E-state index in [9.17, 15) is 9.18 Å². The van der Waals surface area contributed by atoms with Crippen LogP contribution >= 0.6 is 0 Å². The molecule has 0 radical (unpaired) electrons. The number of halogens is 1. The van der Waals surface area contributed by atoms with Crippen molar-refractivity contribution in [1.29, 1.82) is 0 Å². The van der Waals surface area contributed by atoms with Gasteiger partial charge in [-0.15, -0.1) is 0 Å². The Labute approximate surface area is 116 Å². The zero-order valence-electron chi connectivity index (χ0n) is 11.5. The standard InChI is InChI=1S/C15H15FN2O2/c1-9-8-13(11(3)20-9)10(2)17-18-15(19)12-6-4-5-7-14(12)16/h4-8H,1-3H3,(H,18,19)/b17-10-. The lowest BCUT2D eigenvalue weighted by Gasteiger charge is -2.03. The quantitative estimate of drug-likeness (QED) is 0.690. The van der Waals surface area contributed by atoms with Crippen molar-refractivity contribution in [3.63, 3.8) is 0 Å². The molecule has 1 heterocycles. The maximum atomic E-state index is 13.4. The number of benzene rings is 1. The summed E-state index contributed by atoms with van der Waals surface area (Å²) in [5, 5.41) is 3.98. The van der Waals surface area contributed by atoms with Crippen molar-refractivity contribution in [1.82, 2.24) is 5.43 Å². The van der Waals surface area contributed by atoms with E-state index in [4.69, 9.17) is 4.42 Å². The molecule has 0 spiro atoms. The average molecular weight is 274 g/mol. The second-order valence-corrected chi connectivity index (χ2v) is 4.44. The fourth-order valence-corrected chi connectivity index (χ4v) is 1.89. The van der Waals surface area contributed by atoms with Crippen LogP contribution in [0.3, 0.4) is 0 Å². The number of nitrogens with one attached hydrogen (secondary N) is 1. The normalized spacial score (nSPS) is 11.5. The zero-order chi connectivity index (χ0) is 14.7. The summed E-state index contributed by atoms with van der Waals surface area (Å²) in [6, 6.07) is 7.59. The van der Waals surface area contributed by atoms with Gasteiger partial charge in [0.25, 0.3) is 5.91 Å². The van der Waals surface area contributed by atoms with E-state index in [-0.39, 0.29) is 5.56 Å². The highest BCUT2D eigenvalue weighted by Crippen LogP contribution is 2.14. The molecule has 0 saturated carbocycles. The molecule has 0 saturated heterocycles. The highest BCUT2D eigenvalue weighted by atomic mass is 19.1. The highest BCUT2D eigenvalue weighted by molar-refractivity contribution is 6.01. The van der Waals surface area contributed by atoms with E-state index < -0.39 is 11.7 Å². The van der Waals surface area contributed by atoms with Crippen LogP contribution in [-0.2, 0) is 0 Å². The lowest BCUT2D eigenvalue weighted by molar-refractivity contribution is 0.0951. The first-order chi connectivity index (χ1) is 9.49. The summed E-state index contributed by atoms with van der Waals surface area (Å²) in [5.74, 6) is 0.338. The molecule has 0 fully saturated rings. The Morgan fingerprint density at radius 2 is 1.95 bits per heavy atom. The summed E-state index contributed by atoms with van der Waals surface area (Å²) >= 11 is 0. The number of amides is 1. The molecule has 104 valence electrons. The first kappa shape index (κ1) is 14.0. The van der Waals surface area contributed by atoms with Gasteiger partial charge in [-0.2, -0.15) is 5.10 Å². The molecule has 5 heteroatoms. The molecule has 1 aromatic heterocycles. The second-order valence-electron chi connectivity index (χ2n) is 4.44. The van der Waals surface area contributed by atoms with Crippen molar-refractivity contribution in [2.24, 2.45) is 5.10 Å². The third kappa shape index (κ3) is 2.93. The van der Waals surface area contributed by atoms with E-state index in [0.717, 1.165) is 17.1 Å². The molecule has 0 atom stereocenters. The maximum Gasteiger partial charge on any atom is 0.274 e. The van der Waals surface area contributed by atoms with Gasteiger partial charge in [-0.05, 0) is 39.0 Å². The Kier molecular flexibility index (Phi) is 3.98. The zero-order valence-corrected chi connectivity index (χ0v) is 11.5. The number of nitrogens with zero attached hydrogens (tertiary/aromatic N) is 1. The Balaban J connectivity index is 2.15. The molecule has 1 aromatic carbocycles. The van der Waals surface area contributed by atoms with Gasteiger partial charge >= 0.3 is 0 Å². The number of furan rings is 1. The predicted octanol–water partition coefficient (Wildman–Crippen LogP) is 3.19. The summed E-state index contributed by atoms with van der Waals surface area (Å²) in [6.07, 6.45) is 0. The van der Waals surface area contributed by atoms with E-state index in [2.05, 4.69) is 10.5 Å². The van der Waals surface area contributed by atoms with Crippen LogP contribution in [0.15, 0.2) is 39.9 Å². The second kappa shape index (κ2) is 5.69. The van der Waals surface area contributed by atoms with Gasteiger partial charge in [0, 0.05) is 5.56 Å². The van der Waals surface area contributed by atoms with Crippen molar-refractivity contribution >= 4 is 11.6 Å². The van der Waals surface area contributed by atoms with Crippen LogP contribution in [0.4, 0.5) is 4.39 Å². The molecule has 0 bridgehead atoms. The van der Waals surface area contributed by atoms with Crippen molar-refractivity contribution in [2.75, 3.05) is 0 Å². The highest BCUT2D eigenvalue weighted by Gasteiger charge is 2.11. The van der Waals surface area contributed by atoms with Gasteiger partial charge in [-0.25, -0.2) is 9.82 Å². The topological polar surface area (TPSA) is 54.6 Å². The van der Waals surface area contributed by atoms with Gasteiger partial charge in [0.05, 0.1) is 11.3 Å². The van der Waals surface area contributed by atoms with Gasteiger partial charge in [0.1, 0.15) is 17.3 Å². The number of hydrogen-bond donors (Lipinski definition) is 1. The van der Waals surface area contributed by atoms with E-state index in [1.165, 1.54) is 18.2 Å². The first-order valence-corrected chi connectivity index (χ1v) is 6.15. The molecule has 1 N–H and O–H groups in total. The number of hydrazone groups is 1. The SMILES string of the molecule is C/C(=N/NC(=O)c1ccccc1F)c1cc(C)oc1C. The third-order valence-electron chi connectivity index (χ3n) is 2.87. The number of aryl methyl sites for hydroxylation is 2. The fourth-order valence-electron chi connectivity index (χ4n) is 1.89. The van der Waals surface area contributed by atoms with Gasteiger partial charge in [-0.1, -0.05) is 12.1 Å². The molecular formula is C15H15FN2O2. The van der Waals surface area contributed by atoms with Gasteiger partial charge in [-0.3, -0.25) is 4.79 Å². The van der Waals surface area contributed by atoms with Crippen LogP contribution in [-0.4, -0.2) is 11.6 Å². The fraction of sp³-hybridized carbons (Fsp3) is 0.200. The molecule has 0 aliphatic rings. The first-order valence-electron chi connectivity index (χ1n) is 6.15. The van der Waals surface area contributed by atoms with Crippen LogP contribution in [0.1, 0.15) is 34.4 Å². The molecule has 0 unspecified atom stereocenters. The third-order valence-corrected chi connectivity index (χ3v) is 2.87. The van der Waals surface area contributed by atoms with E-state index in [1.54, 1.807) is 13.0 Å². The molecule has 4 nitrogen and oxygen atoms in total. The minimum absolute atomic E-state index is 0.0378. The Hall–Kier alpha value is -2.43. The largest absolute Gasteiger partial charge is 0.466 e. The minimum Gasteiger partial charge on any atom is -0.466 e. The summed E-state index contributed by atoms with van der Waals surface area (Å²) in [7, 11) is 0. The number of hydrogen-bond acceptors (Lipinski definition) is 3. The number of rotatable bonds is 3. The van der Waals surface area contributed by atoms with Crippen molar-refractivity contribution in [3.8, 4) is 0 Å². The van der Waals surface area contributed by atoms with Crippen LogP contribution in [0.25, 0.3) is 0 Å². The molecule has 0 aliphatic heterocycles. The number of carbonyl (C=O) groups is 1. The molecule has 20 heavy (non-hydrogen) atoms. The summed E-state index contributed by atoms with van der Waals surface area (Å²) in [4.78, 5) is 11.8. The molecule has 0 aliphatic carbocycles. The lowest BCUT2D eigenvalue weighted by Crippen LogP contribution is -2.20. The maximum absolute atomic E-state index is 13.4. The monoisotopic (exact) mass is 274 g/mol. The predicted molar refractivity (Wildman–Crippen MR) is 74.3 cm³/mol. The van der Waals surface area contributed by atoms with E-state index in [1.807, 2.05) is 19.9 Å².